The first-order valence-electron chi connectivity index (χ1n) is 21.4. The smallest absolute Gasteiger partial charge is 0.255 e. The molecule has 2 aromatic carbocycles. The third-order valence-electron chi connectivity index (χ3n) is 4.09. The molecule has 0 saturated carbocycles. The quantitative estimate of drug-likeness (QED) is 0.643. The van der Waals surface area contributed by atoms with Crippen molar-refractivity contribution in [1.29, 1.82) is 0 Å². The van der Waals surface area contributed by atoms with Gasteiger partial charge in [-0.15, -0.1) is 0 Å². The van der Waals surface area contributed by atoms with Crippen LogP contribution in [0.4, 0.5) is 0 Å². The lowest BCUT2D eigenvalue weighted by Crippen LogP contribution is -2.52. The lowest BCUT2D eigenvalue weighted by Gasteiger charge is -2.29. The van der Waals surface area contributed by atoms with E-state index in [2.05, 4.69) is 4.74 Å². The van der Waals surface area contributed by atoms with Gasteiger partial charge in [0.25, 0.3) is 5.91 Å². The van der Waals surface area contributed by atoms with Crippen LogP contribution in [0, 0.1) is 0 Å². The Bertz CT molecular complexity index is 2140. The number of carbonyl (C=O) groups excluding carboxylic acids is 3. The maximum absolute atomic E-state index is 13.8. The number of piperidine rings is 1. The second-order valence-corrected chi connectivity index (χ2v) is 6.16. The molecule has 0 aromatic heterocycles. The number of rotatable bonds is 6. The molecule has 3 amide bonds. The maximum atomic E-state index is 13.8. The molecule has 1 atom stereocenters. The molecule has 8 nitrogen and oxygen atoms in total. The normalized spacial score (nSPS) is 43.8. The fraction of sp³-hybridized carbons (Fsp3) is 0.400. The number of morpholine rings is 1. The van der Waals surface area contributed by atoms with E-state index in [1.54, 1.807) is 0 Å². The molecule has 172 valence electrons. The van der Waals surface area contributed by atoms with Gasteiger partial charge >= 0.3 is 0 Å². The van der Waals surface area contributed by atoms with Crippen LogP contribution in [-0.4, -0.2) is 59.7 Å². The number of amides is 3. The van der Waals surface area contributed by atoms with Gasteiger partial charge in [-0.1, -0.05) is 30.2 Å². The number of carbonyl (C=O) groups is 3. The Balaban J connectivity index is 1.71. The third-order valence-corrected chi connectivity index (χ3v) is 4.09. The van der Waals surface area contributed by atoms with Crippen LogP contribution in [0.1, 0.15) is 74.1 Å². The van der Waals surface area contributed by atoms with E-state index >= 15 is 0 Å². The predicted molar refractivity (Wildman–Crippen MR) is 119 cm³/mol. The third kappa shape index (κ3) is 4.62. The second-order valence-electron chi connectivity index (χ2n) is 6.16. The molecule has 1 N–H and O–H groups in total. The number of nitrogens with zero attached hydrogens (tertiary/aromatic N) is 2. The molecular formula is C25H27N3O5. The molecular weight excluding hydrogens is 422 g/mol. The van der Waals surface area contributed by atoms with E-state index in [4.69, 9.17) is 39.0 Å². The summed E-state index contributed by atoms with van der Waals surface area (Å²) in [4.78, 5) is 38.0. The van der Waals surface area contributed by atoms with Gasteiger partial charge < -0.3 is 14.4 Å². The molecule has 3 aliphatic heterocycles. The molecule has 2 saturated heterocycles. The van der Waals surface area contributed by atoms with Crippen molar-refractivity contribution in [2.75, 3.05) is 26.1 Å². The SMILES string of the molecule is [2H]c1c([2H])c(OC([2H])([2H])c2c([2H])c([2H])c(C([2H])([2H])N3C([2H])([2H])C([2H])([2H])OC([2H])([2H])C3([2H])[2H])c([2H])c2[2H])c2c(c1[2H])C(=O)N([C@@H]1C(=O)NC(=O)C([2H])([2H])C1([2H])[2H])C2([2H])[2H]. The summed E-state index contributed by atoms with van der Waals surface area (Å²) in [6.07, 6.45) is -7.32. The summed E-state index contributed by atoms with van der Waals surface area (Å²) in [6, 6.07) is -13.2. The Morgan fingerprint density at radius 2 is 1.88 bits per heavy atom. The summed E-state index contributed by atoms with van der Waals surface area (Å²) >= 11 is 0. The van der Waals surface area contributed by atoms with E-state index < -0.39 is 157 Å². The van der Waals surface area contributed by atoms with Crippen molar-refractivity contribution >= 4 is 17.7 Å². The molecule has 3 aliphatic rings. The minimum Gasteiger partial charge on any atom is -0.489 e. The lowest BCUT2D eigenvalue weighted by molar-refractivity contribution is -0.136. The summed E-state index contributed by atoms with van der Waals surface area (Å²) in [7, 11) is 0. The number of hydrogen-bond donors (Lipinski definition) is 1. The molecule has 5 rings (SSSR count). The number of ether oxygens (including phenoxy) is 2. The number of imide groups is 1. The van der Waals surface area contributed by atoms with E-state index in [-0.39, 0.29) is 4.90 Å². The Morgan fingerprint density at radius 1 is 1.12 bits per heavy atom. The van der Waals surface area contributed by atoms with E-state index in [0.29, 0.717) is 0 Å². The summed E-state index contributed by atoms with van der Waals surface area (Å²) in [5, 5.41) is 1.47. The minimum atomic E-state index is -4.04. The number of fused-ring (bicyclic) bond motifs is 1. The monoisotopic (exact) mass is 474 g/mol. The highest BCUT2D eigenvalue weighted by molar-refractivity contribution is 6.05. The van der Waals surface area contributed by atoms with E-state index in [1.165, 1.54) is 5.32 Å². The van der Waals surface area contributed by atoms with Gasteiger partial charge in [0.2, 0.25) is 11.8 Å². The summed E-state index contributed by atoms with van der Waals surface area (Å²) in [5.74, 6) is -6.82. The highest BCUT2D eigenvalue weighted by Gasteiger charge is 2.40. The molecule has 2 fully saturated rings. The van der Waals surface area contributed by atoms with Crippen LogP contribution < -0.4 is 10.1 Å². The van der Waals surface area contributed by atoms with Crippen LogP contribution in [0.5, 0.6) is 5.75 Å². The highest BCUT2D eigenvalue weighted by atomic mass is 16.5. The van der Waals surface area contributed by atoms with Gasteiger partial charge in [-0.2, -0.15) is 0 Å². The summed E-state index contributed by atoms with van der Waals surface area (Å²) in [5.41, 5.74) is -5.67. The topological polar surface area (TPSA) is 88.2 Å². The van der Waals surface area contributed by atoms with E-state index in [0.717, 1.165) is 0 Å². The Morgan fingerprint density at radius 3 is 2.67 bits per heavy atom. The van der Waals surface area contributed by atoms with Crippen LogP contribution in [0.25, 0.3) is 0 Å². The van der Waals surface area contributed by atoms with Crippen molar-refractivity contribution in [3.05, 3.63) is 64.6 Å². The van der Waals surface area contributed by atoms with Crippen molar-refractivity contribution < 1.29 is 58.1 Å². The summed E-state index contributed by atoms with van der Waals surface area (Å²) < 4.78 is 218. The standard InChI is InChI=1S/C25H27N3O5/c29-23-9-8-21(24(30)26-23)28-15-20-19(25(28)31)2-1-3-22(20)33-16-18-6-4-17(5-7-18)14-27-10-12-32-13-11-27/h1-7,21H,8-16H2,(H,26,29,30)/t21-/m0/s1/i1D,2D,3D,4D,5D,6D,7D,8D2,9D2,10D2,11D2,12D2,13D2,14D2,15D2,16D2. The highest BCUT2D eigenvalue weighted by Crippen LogP contribution is 2.34. The van der Waals surface area contributed by atoms with Gasteiger partial charge in [-0.05, 0) is 29.6 Å². The zero-order valence-corrected chi connectivity index (χ0v) is 16.0. The van der Waals surface area contributed by atoms with E-state index in [9.17, 15) is 14.4 Å². The Hall–Kier alpha value is -3.23. The average Bonchev–Trinajstić information content (AvgIpc) is 3.23. The number of hydrogen-bond acceptors (Lipinski definition) is 6. The first-order chi connectivity index (χ1) is 25.7. The van der Waals surface area contributed by atoms with Crippen molar-refractivity contribution in [3.63, 3.8) is 0 Å². The molecule has 3 heterocycles. The average molecular weight is 475 g/mol. The predicted octanol–water partition coefficient (Wildman–Crippen LogP) is 1.86. The second kappa shape index (κ2) is 9.33. The number of benzene rings is 2. The first-order valence-corrected chi connectivity index (χ1v) is 8.88. The van der Waals surface area contributed by atoms with Crippen molar-refractivity contribution in [3.8, 4) is 5.75 Å². The van der Waals surface area contributed by atoms with Crippen molar-refractivity contribution in [2.24, 2.45) is 0 Å². The molecule has 0 bridgehead atoms. The Kier molecular flexibility index (Phi) is 2.02. The van der Waals surface area contributed by atoms with Crippen LogP contribution >= 0.6 is 0 Å². The fourth-order valence-electron chi connectivity index (χ4n) is 2.68. The van der Waals surface area contributed by atoms with Gasteiger partial charge in [-0.25, -0.2) is 0 Å². The first kappa shape index (κ1) is 7.13. The van der Waals surface area contributed by atoms with Crippen LogP contribution in [0.15, 0.2) is 42.3 Å². The lowest BCUT2D eigenvalue weighted by atomic mass is 10.0. The van der Waals surface area contributed by atoms with Gasteiger partial charge in [0.1, 0.15) is 18.4 Å². The van der Waals surface area contributed by atoms with E-state index in [1.807, 2.05) is 0 Å². The minimum absolute atomic E-state index is 0.253. The molecule has 8 heteroatoms. The molecule has 0 radical (unpaired) electrons. The van der Waals surface area contributed by atoms with Gasteiger partial charge in [-0.3, -0.25) is 24.6 Å². The van der Waals surface area contributed by atoms with Crippen LogP contribution in [-0.2, 0) is 33.9 Å². The van der Waals surface area contributed by atoms with Gasteiger partial charge in [0.15, 0.2) is 0 Å². The number of nitrogens with one attached hydrogen (secondary N) is 1. The Labute approximate surface area is 227 Å². The molecule has 0 spiro atoms. The molecule has 0 unspecified atom stereocenters. The molecule has 33 heavy (non-hydrogen) atoms. The fourth-order valence-corrected chi connectivity index (χ4v) is 2.68. The molecule has 2 aromatic rings. The van der Waals surface area contributed by atoms with Gasteiger partial charge in [0, 0.05) is 50.7 Å². The van der Waals surface area contributed by atoms with Crippen molar-refractivity contribution in [1.82, 2.24) is 15.1 Å². The van der Waals surface area contributed by atoms with Gasteiger partial charge in [0.05, 0.1) is 40.2 Å². The zero-order chi connectivity index (χ0) is 45.0. The molecule has 0 aliphatic carbocycles. The summed E-state index contributed by atoms with van der Waals surface area (Å²) in [6.45, 7) is -27.3. The maximum Gasteiger partial charge on any atom is 0.255 e. The van der Waals surface area contributed by atoms with Crippen molar-refractivity contribution in [2.45, 2.75) is 38.3 Å². The largest absolute Gasteiger partial charge is 0.489 e. The van der Waals surface area contributed by atoms with Crippen LogP contribution in [0.2, 0.25) is 0 Å². The zero-order valence-electron chi connectivity index (χ0n) is 41.0. The van der Waals surface area contributed by atoms with Crippen LogP contribution in [0.3, 0.4) is 0 Å².